The van der Waals surface area contributed by atoms with Crippen molar-refractivity contribution in [2.45, 2.75) is 26.8 Å². The summed E-state index contributed by atoms with van der Waals surface area (Å²) in [6.45, 7) is 9.45. The van der Waals surface area contributed by atoms with E-state index in [-0.39, 0.29) is 6.04 Å². The molecule has 0 unspecified atom stereocenters. The van der Waals surface area contributed by atoms with Crippen molar-refractivity contribution >= 4 is 17.4 Å². The van der Waals surface area contributed by atoms with Gasteiger partial charge in [0.1, 0.15) is 0 Å². The van der Waals surface area contributed by atoms with Crippen LogP contribution in [-0.2, 0) is 0 Å². The fourth-order valence-electron chi connectivity index (χ4n) is 1.55. The summed E-state index contributed by atoms with van der Waals surface area (Å²) in [4.78, 5) is 12.5. The summed E-state index contributed by atoms with van der Waals surface area (Å²) in [6.07, 6.45) is -0.936. The topological polar surface area (TPSA) is 40.5 Å². The zero-order valence-corrected chi connectivity index (χ0v) is 9.90. The molecule has 3 heteroatoms. The Bertz CT molecular complexity index is 410. The molecule has 0 saturated heterocycles. The predicted octanol–water partition coefficient (Wildman–Crippen LogP) is 3.61. The maximum Gasteiger partial charge on any atom is 0.412 e. The number of allylic oxidation sites excluding steroid dienone is 1. The Kier molecular flexibility index (Phi) is 3.72. The lowest BCUT2D eigenvalue weighted by Crippen LogP contribution is -2.35. The number of nitrogens with zero attached hydrogens (tertiary/aromatic N) is 1. The lowest BCUT2D eigenvalue weighted by atomic mass is 10.1. The number of carboxylic acid groups (broad SMARTS) is 1. The highest BCUT2D eigenvalue weighted by molar-refractivity contribution is 5.87. The van der Waals surface area contributed by atoms with Crippen LogP contribution < -0.4 is 4.90 Å². The molecule has 0 saturated carbocycles. The highest BCUT2D eigenvalue weighted by Gasteiger charge is 2.17. The number of hydrogen-bond acceptors (Lipinski definition) is 1. The molecule has 86 valence electrons. The van der Waals surface area contributed by atoms with Crippen molar-refractivity contribution in [3.05, 3.63) is 36.4 Å². The van der Waals surface area contributed by atoms with Gasteiger partial charge < -0.3 is 5.11 Å². The zero-order valence-electron chi connectivity index (χ0n) is 9.90. The Hall–Kier alpha value is -1.77. The van der Waals surface area contributed by atoms with Crippen LogP contribution in [0.5, 0.6) is 0 Å². The molecule has 0 aliphatic heterocycles. The van der Waals surface area contributed by atoms with Crippen molar-refractivity contribution < 1.29 is 9.90 Å². The smallest absolute Gasteiger partial charge is 0.412 e. The average molecular weight is 219 g/mol. The lowest BCUT2D eigenvalue weighted by Gasteiger charge is -2.23. The predicted molar refractivity (Wildman–Crippen MR) is 66.8 cm³/mol. The van der Waals surface area contributed by atoms with Crippen molar-refractivity contribution in [3.63, 3.8) is 0 Å². The van der Waals surface area contributed by atoms with Crippen LogP contribution in [0.4, 0.5) is 10.5 Å². The van der Waals surface area contributed by atoms with E-state index in [1.807, 2.05) is 39.0 Å². The van der Waals surface area contributed by atoms with Crippen LogP contribution in [0.3, 0.4) is 0 Å². The minimum Gasteiger partial charge on any atom is -0.465 e. The first-order valence-corrected chi connectivity index (χ1v) is 5.21. The van der Waals surface area contributed by atoms with E-state index in [0.717, 1.165) is 11.1 Å². The largest absolute Gasteiger partial charge is 0.465 e. The quantitative estimate of drug-likeness (QED) is 0.843. The summed E-state index contributed by atoms with van der Waals surface area (Å²) < 4.78 is 0. The normalized spacial score (nSPS) is 10.2. The van der Waals surface area contributed by atoms with Crippen molar-refractivity contribution in [1.29, 1.82) is 0 Å². The van der Waals surface area contributed by atoms with Gasteiger partial charge in [0.05, 0.1) is 0 Å². The molecule has 3 nitrogen and oxygen atoms in total. The molecule has 0 aliphatic carbocycles. The molecule has 0 heterocycles. The molecular weight excluding hydrogens is 202 g/mol. The molecule has 0 atom stereocenters. The van der Waals surface area contributed by atoms with Crippen LogP contribution in [0.1, 0.15) is 26.3 Å². The van der Waals surface area contributed by atoms with Crippen LogP contribution in [0.2, 0.25) is 0 Å². The number of benzene rings is 1. The second-order valence-corrected chi connectivity index (χ2v) is 4.08. The van der Waals surface area contributed by atoms with Gasteiger partial charge in [-0.25, -0.2) is 4.79 Å². The third-order valence-corrected chi connectivity index (χ3v) is 2.34. The van der Waals surface area contributed by atoms with Gasteiger partial charge in [-0.2, -0.15) is 0 Å². The molecule has 1 aromatic carbocycles. The molecule has 0 bridgehead atoms. The standard InChI is InChI=1S/C13H17NO2/c1-9(2)11-6-5-7-12(8-11)14(10(3)4)13(15)16/h5-8,10H,1H2,2-4H3,(H,15,16). The van der Waals surface area contributed by atoms with Gasteiger partial charge >= 0.3 is 6.09 Å². The second kappa shape index (κ2) is 4.84. The monoisotopic (exact) mass is 219 g/mol. The lowest BCUT2D eigenvalue weighted by molar-refractivity contribution is 0.200. The van der Waals surface area contributed by atoms with E-state index < -0.39 is 6.09 Å². The number of amides is 1. The molecule has 0 aromatic heterocycles. The van der Waals surface area contributed by atoms with Gasteiger partial charge in [-0.05, 0) is 38.5 Å². The summed E-state index contributed by atoms with van der Waals surface area (Å²) in [6, 6.07) is 7.32. The Morgan fingerprint density at radius 1 is 1.44 bits per heavy atom. The molecule has 1 N–H and O–H groups in total. The van der Waals surface area contributed by atoms with Gasteiger partial charge in [0.15, 0.2) is 0 Å². The van der Waals surface area contributed by atoms with E-state index in [1.54, 1.807) is 6.07 Å². The van der Waals surface area contributed by atoms with Crippen molar-refractivity contribution in [2.24, 2.45) is 0 Å². The van der Waals surface area contributed by atoms with E-state index in [9.17, 15) is 4.79 Å². The highest BCUT2D eigenvalue weighted by atomic mass is 16.4. The maximum atomic E-state index is 11.1. The van der Waals surface area contributed by atoms with E-state index in [4.69, 9.17) is 5.11 Å². The third kappa shape index (κ3) is 2.63. The van der Waals surface area contributed by atoms with Crippen LogP contribution in [-0.4, -0.2) is 17.2 Å². The van der Waals surface area contributed by atoms with Crippen molar-refractivity contribution in [1.82, 2.24) is 0 Å². The first-order chi connectivity index (χ1) is 7.43. The molecule has 0 radical (unpaired) electrons. The minimum atomic E-state index is -0.936. The van der Waals surface area contributed by atoms with Gasteiger partial charge in [0.25, 0.3) is 0 Å². The SMILES string of the molecule is C=C(C)c1cccc(N(C(=O)O)C(C)C)c1. The summed E-state index contributed by atoms with van der Waals surface area (Å²) in [5.41, 5.74) is 2.57. The molecule has 1 amide bonds. The van der Waals surface area contributed by atoms with E-state index >= 15 is 0 Å². The van der Waals surface area contributed by atoms with E-state index in [2.05, 4.69) is 6.58 Å². The summed E-state index contributed by atoms with van der Waals surface area (Å²) in [7, 11) is 0. The summed E-state index contributed by atoms with van der Waals surface area (Å²) in [5.74, 6) is 0. The van der Waals surface area contributed by atoms with Crippen molar-refractivity contribution in [2.75, 3.05) is 4.90 Å². The van der Waals surface area contributed by atoms with Gasteiger partial charge in [-0.1, -0.05) is 24.3 Å². The average Bonchev–Trinajstić information content (AvgIpc) is 2.16. The summed E-state index contributed by atoms with van der Waals surface area (Å²) in [5, 5.41) is 9.13. The molecular formula is C13H17NO2. The van der Waals surface area contributed by atoms with Crippen LogP contribution in [0.25, 0.3) is 5.57 Å². The Morgan fingerprint density at radius 2 is 2.06 bits per heavy atom. The van der Waals surface area contributed by atoms with Crippen LogP contribution in [0, 0.1) is 0 Å². The zero-order chi connectivity index (χ0) is 12.3. The van der Waals surface area contributed by atoms with Gasteiger partial charge in [0.2, 0.25) is 0 Å². The summed E-state index contributed by atoms with van der Waals surface area (Å²) >= 11 is 0. The third-order valence-electron chi connectivity index (χ3n) is 2.34. The number of hydrogen-bond donors (Lipinski definition) is 1. The molecule has 0 aliphatic rings. The Morgan fingerprint density at radius 3 is 2.50 bits per heavy atom. The number of carbonyl (C=O) groups is 1. The molecule has 0 spiro atoms. The molecule has 1 aromatic rings. The molecule has 1 rings (SSSR count). The van der Waals surface area contributed by atoms with Gasteiger partial charge in [-0.15, -0.1) is 0 Å². The van der Waals surface area contributed by atoms with E-state index in [1.165, 1.54) is 4.90 Å². The first kappa shape index (κ1) is 12.3. The van der Waals surface area contributed by atoms with Crippen LogP contribution >= 0.6 is 0 Å². The molecule has 0 fully saturated rings. The maximum absolute atomic E-state index is 11.1. The first-order valence-electron chi connectivity index (χ1n) is 5.21. The number of anilines is 1. The second-order valence-electron chi connectivity index (χ2n) is 4.08. The fourth-order valence-corrected chi connectivity index (χ4v) is 1.55. The van der Waals surface area contributed by atoms with Gasteiger partial charge in [-0.3, -0.25) is 4.90 Å². The number of rotatable bonds is 3. The Labute approximate surface area is 96.0 Å². The minimum absolute atomic E-state index is 0.0853. The van der Waals surface area contributed by atoms with Crippen LogP contribution in [0.15, 0.2) is 30.8 Å². The van der Waals surface area contributed by atoms with Crippen molar-refractivity contribution in [3.8, 4) is 0 Å². The van der Waals surface area contributed by atoms with Gasteiger partial charge in [0, 0.05) is 11.7 Å². The Balaban J connectivity index is 3.15. The highest BCUT2D eigenvalue weighted by Crippen LogP contribution is 2.22. The fraction of sp³-hybridized carbons (Fsp3) is 0.308. The molecule has 16 heavy (non-hydrogen) atoms. The van der Waals surface area contributed by atoms with E-state index in [0.29, 0.717) is 5.69 Å².